The summed E-state index contributed by atoms with van der Waals surface area (Å²) < 4.78 is 10.7. The van der Waals surface area contributed by atoms with Gasteiger partial charge in [0.1, 0.15) is 0 Å². The Bertz CT molecular complexity index is 1000. The molecular weight excluding hydrogens is 440 g/mol. The number of hydrogen-bond donors (Lipinski definition) is 1. The predicted octanol–water partition coefficient (Wildman–Crippen LogP) is 4.48. The van der Waals surface area contributed by atoms with Gasteiger partial charge in [-0.1, -0.05) is 49.1 Å². The number of carbonyl (C=O) groups is 2. The largest absolute Gasteiger partial charge is 0.493 e. The molecule has 1 aliphatic carbocycles. The second-order valence-electron chi connectivity index (χ2n) is 8.84. The number of likely N-dealkylation sites (tertiary alicyclic amines) is 1. The summed E-state index contributed by atoms with van der Waals surface area (Å²) in [6.45, 7) is 0.426. The molecule has 2 aromatic carbocycles. The summed E-state index contributed by atoms with van der Waals surface area (Å²) in [6, 6.07) is 13.2. The van der Waals surface area contributed by atoms with Gasteiger partial charge in [0.05, 0.1) is 20.6 Å². The van der Waals surface area contributed by atoms with Crippen LogP contribution in [0.1, 0.15) is 49.7 Å². The Morgan fingerprint density at radius 3 is 2.39 bits per heavy atom. The number of carbonyl (C=O) groups excluding carboxylic acids is 2. The number of nitrogens with one attached hydrogen (secondary N) is 1. The molecule has 2 aromatic rings. The molecule has 4 rings (SSSR count). The maximum atomic E-state index is 13.7. The lowest BCUT2D eigenvalue weighted by Crippen LogP contribution is -2.69. The molecule has 0 bridgehead atoms. The van der Waals surface area contributed by atoms with Gasteiger partial charge in [-0.3, -0.25) is 9.59 Å². The molecule has 0 aromatic heterocycles. The molecule has 1 heterocycles. The second kappa shape index (κ2) is 10.0. The van der Waals surface area contributed by atoms with E-state index in [1.165, 1.54) is 6.42 Å². The lowest BCUT2D eigenvalue weighted by Gasteiger charge is -2.51. The molecule has 33 heavy (non-hydrogen) atoms. The summed E-state index contributed by atoms with van der Waals surface area (Å²) in [5.41, 5.74) is 0.799. The van der Waals surface area contributed by atoms with Crippen LogP contribution in [0.25, 0.3) is 0 Å². The highest BCUT2D eigenvalue weighted by Gasteiger charge is 2.57. The van der Waals surface area contributed by atoms with Gasteiger partial charge in [0.25, 0.3) is 5.91 Å². The van der Waals surface area contributed by atoms with Crippen molar-refractivity contribution in [2.45, 2.75) is 56.5 Å². The Balaban J connectivity index is 1.58. The first kappa shape index (κ1) is 23.4. The smallest absolute Gasteiger partial charge is 0.251 e. The van der Waals surface area contributed by atoms with Crippen LogP contribution in [0.3, 0.4) is 0 Å². The van der Waals surface area contributed by atoms with Crippen LogP contribution < -0.4 is 14.8 Å². The van der Waals surface area contributed by atoms with Gasteiger partial charge in [0.15, 0.2) is 17.0 Å². The summed E-state index contributed by atoms with van der Waals surface area (Å²) in [5, 5.41) is 3.86. The van der Waals surface area contributed by atoms with Crippen molar-refractivity contribution in [2.24, 2.45) is 0 Å². The zero-order chi connectivity index (χ0) is 23.4. The van der Waals surface area contributed by atoms with Gasteiger partial charge in [-0.05, 0) is 54.7 Å². The molecule has 1 saturated carbocycles. The minimum absolute atomic E-state index is 0.0239. The van der Waals surface area contributed by atoms with E-state index in [4.69, 9.17) is 21.1 Å². The van der Waals surface area contributed by atoms with E-state index in [0.29, 0.717) is 29.5 Å². The second-order valence-corrected chi connectivity index (χ2v) is 9.27. The van der Waals surface area contributed by atoms with Gasteiger partial charge >= 0.3 is 0 Å². The Morgan fingerprint density at radius 1 is 1.06 bits per heavy atom. The first-order valence-electron chi connectivity index (χ1n) is 11.6. The van der Waals surface area contributed by atoms with Gasteiger partial charge in [0.2, 0.25) is 5.91 Å². The summed E-state index contributed by atoms with van der Waals surface area (Å²) in [7, 11) is 3.20. The highest BCUT2D eigenvalue weighted by molar-refractivity contribution is 6.30. The molecule has 1 N–H and O–H groups in total. The van der Waals surface area contributed by atoms with Crippen molar-refractivity contribution in [2.75, 3.05) is 20.8 Å². The highest BCUT2D eigenvalue weighted by Crippen LogP contribution is 2.43. The van der Waals surface area contributed by atoms with Crippen molar-refractivity contribution in [3.8, 4) is 11.5 Å². The molecule has 2 fully saturated rings. The molecule has 176 valence electrons. The molecule has 7 heteroatoms. The highest BCUT2D eigenvalue weighted by atomic mass is 35.5. The number of benzene rings is 2. The molecule has 2 amide bonds. The molecule has 0 spiro atoms. The quantitative estimate of drug-likeness (QED) is 0.578. The van der Waals surface area contributed by atoms with Gasteiger partial charge in [-0.2, -0.15) is 0 Å². The topological polar surface area (TPSA) is 67.9 Å². The molecule has 1 saturated heterocycles. The van der Waals surface area contributed by atoms with Crippen molar-refractivity contribution in [3.63, 3.8) is 0 Å². The van der Waals surface area contributed by atoms with E-state index < -0.39 is 5.54 Å². The van der Waals surface area contributed by atoms with Crippen LogP contribution in [0.2, 0.25) is 5.02 Å². The number of ether oxygens (including phenoxy) is 2. The lowest BCUT2D eigenvalue weighted by molar-refractivity contribution is -0.168. The third kappa shape index (κ3) is 4.67. The number of hydrogen-bond acceptors (Lipinski definition) is 4. The Hall–Kier alpha value is -2.73. The van der Waals surface area contributed by atoms with E-state index in [9.17, 15) is 9.59 Å². The lowest BCUT2D eigenvalue weighted by atomic mass is 9.76. The molecule has 1 aliphatic heterocycles. The van der Waals surface area contributed by atoms with E-state index in [0.717, 1.165) is 36.8 Å². The van der Waals surface area contributed by atoms with Crippen LogP contribution in [0.15, 0.2) is 42.5 Å². The number of β-lactam (4-membered cyclic amide) rings is 1. The Kier molecular flexibility index (Phi) is 7.13. The normalized spacial score (nSPS) is 20.8. The van der Waals surface area contributed by atoms with Crippen molar-refractivity contribution in [1.29, 1.82) is 0 Å². The van der Waals surface area contributed by atoms with E-state index in [1.54, 1.807) is 31.3 Å². The fourth-order valence-corrected chi connectivity index (χ4v) is 5.12. The maximum absolute atomic E-state index is 13.7. The molecular formula is C26H31ClN2O4. The SMILES string of the molecule is COc1ccc(CCN2C(=O)CC2(C(=O)NC2CCCCC2)c2ccc(Cl)cc2)cc1OC. The zero-order valence-electron chi connectivity index (χ0n) is 19.2. The van der Waals surface area contributed by atoms with Gasteiger partial charge in [-0.25, -0.2) is 0 Å². The van der Waals surface area contributed by atoms with Crippen molar-refractivity contribution >= 4 is 23.4 Å². The molecule has 1 unspecified atom stereocenters. The standard InChI is InChI=1S/C26H31ClN2O4/c1-32-22-13-8-18(16-23(22)33-2)14-15-29-24(30)17-26(29,19-9-11-20(27)12-10-19)25(31)28-21-6-4-3-5-7-21/h8-13,16,21H,3-7,14-15,17H2,1-2H3,(H,28,31). The van der Waals surface area contributed by atoms with Gasteiger partial charge in [0, 0.05) is 17.6 Å². The zero-order valence-corrected chi connectivity index (χ0v) is 20.0. The van der Waals surface area contributed by atoms with Crippen LogP contribution in [0, 0.1) is 0 Å². The Morgan fingerprint density at radius 2 is 1.76 bits per heavy atom. The monoisotopic (exact) mass is 470 g/mol. The molecule has 6 nitrogen and oxygen atoms in total. The minimum Gasteiger partial charge on any atom is -0.493 e. The summed E-state index contributed by atoms with van der Waals surface area (Å²) in [4.78, 5) is 28.2. The van der Waals surface area contributed by atoms with Crippen LogP contribution in [0.4, 0.5) is 0 Å². The fraction of sp³-hybridized carbons (Fsp3) is 0.462. The predicted molar refractivity (Wildman–Crippen MR) is 128 cm³/mol. The Labute approximate surface area is 200 Å². The van der Waals surface area contributed by atoms with E-state index in [1.807, 2.05) is 30.3 Å². The average Bonchev–Trinajstić information content (AvgIpc) is 2.83. The molecule has 2 aliphatic rings. The van der Waals surface area contributed by atoms with Crippen LogP contribution in [-0.4, -0.2) is 43.5 Å². The van der Waals surface area contributed by atoms with Gasteiger partial charge in [-0.15, -0.1) is 0 Å². The fourth-order valence-electron chi connectivity index (χ4n) is 4.99. The first-order valence-corrected chi connectivity index (χ1v) is 11.9. The summed E-state index contributed by atoms with van der Waals surface area (Å²) in [5.74, 6) is 1.18. The first-order chi connectivity index (χ1) is 16.0. The third-order valence-corrected chi connectivity index (χ3v) is 7.13. The van der Waals surface area contributed by atoms with Crippen molar-refractivity contribution in [1.82, 2.24) is 10.2 Å². The molecule has 0 radical (unpaired) electrons. The number of methoxy groups -OCH3 is 2. The average molecular weight is 471 g/mol. The maximum Gasteiger partial charge on any atom is 0.251 e. The molecule has 1 atom stereocenters. The number of halogens is 1. The van der Waals surface area contributed by atoms with Gasteiger partial charge < -0.3 is 19.7 Å². The summed E-state index contributed by atoms with van der Waals surface area (Å²) in [6.07, 6.45) is 6.20. The van der Waals surface area contributed by atoms with E-state index in [2.05, 4.69) is 5.32 Å². The number of nitrogens with zero attached hydrogens (tertiary/aromatic N) is 1. The van der Waals surface area contributed by atoms with Crippen LogP contribution in [-0.2, 0) is 21.5 Å². The van der Waals surface area contributed by atoms with Crippen molar-refractivity contribution < 1.29 is 19.1 Å². The van der Waals surface area contributed by atoms with Crippen LogP contribution >= 0.6 is 11.6 Å². The minimum atomic E-state index is -1.00. The third-order valence-electron chi connectivity index (χ3n) is 6.88. The van der Waals surface area contributed by atoms with Crippen LogP contribution in [0.5, 0.6) is 11.5 Å². The van der Waals surface area contributed by atoms with E-state index >= 15 is 0 Å². The van der Waals surface area contributed by atoms with E-state index in [-0.39, 0.29) is 24.3 Å². The number of amides is 2. The van der Waals surface area contributed by atoms with Crippen molar-refractivity contribution in [3.05, 3.63) is 58.6 Å². The number of rotatable bonds is 8. The summed E-state index contributed by atoms with van der Waals surface area (Å²) >= 11 is 6.11.